The Hall–Kier alpha value is -0.870. The predicted molar refractivity (Wildman–Crippen MR) is 75.1 cm³/mol. The molecule has 1 amide bonds. The molecule has 0 atom stereocenters. The Morgan fingerprint density at radius 3 is 2.33 bits per heavy atom. The van der Waals surface area contributed by atoms with Crippen LogP contribution in [0.2, 0.25) is 0 Å². The zero-order chi connectivity index (χ0) is 13.5. The molecule has 1 fully saturated rings. The van der Waals surface area contributed by atoms with Gasteiger partial charge >= 0.3 is 0 Å². The Morgan fingerprint density at radius 2 is 1.89 bits per heavy atom. The minimum Gasteiger partial charge on any atom is -0.370 e. The molecular weight excluding hydrogens is 228 g/mol. The zero-order valence-electron chi connectivity index (χ0n) is 11.5. The first kappa shape index (κ1) is 17.1. The fraction of sp³-hybridized carbons (Fsp3) is 0.786. The minimum atomic E-state index is -0.174. The van der Waals surface area contributed by atoms with Crippen LogP contribution in [0, 0.1) is 0 Å². The molecule has 4 heteroatoms. The molecular formula is C14H28N2O2. The molecule has 0 aromatic carbocycles. The van der Waals surface area contributed by atoms with Gasteiger partial charge in [0.2, 0.25) is 5.91 Å². The highest BCUT2D eigenvalue weighted by molar-refractivity contribution is 5.73. The summed E-state index contributed by atoms with van der Waals surface area (Å²) in [6, 6.07) is 0. The predicted octanol–water partition coefficient (Wildman–Crippen LogP) is 2.34. The Morgan fingerprint density at radius 1 is 1.22 bits per heavy atom. The summed E-state index contributed by atoms with van der Waals surface area (Å²) in [5, 5.41) is 3.00. The van der Waals surface area contributed by atoms with Crippen molar-refractivity contribution in [1.29, 1.82) is 0 Å². The van der Waals surface area contributed by atoms with E-state index in [1.807, 2.05) is 6.08 Å². The fourth-order valence-corrected chi connectivity index (χ4v) is 1.66. The number of hydrogen-bond acceptors (Lipinski definition) is 3. The lowest BCUT2D eigenvalue weighted by atomic mass is 10.1. The van der Waals surface area contributed by atoms with Crippen molar-refractivity contribution < 1.29 is 9.53 Å². The van der Waals surface area contributed by atoms with Crippen molar-refractivity contribution in [2.24, 2.45) is 5.73 Å². The van der Waals surface area contributed by atoms with Crippen LogP contribution in [0.3, 0.4) is 0 Å². The second-order valence-electron chi connectivity index (χ2n) is 4.47. The first-order valence-corrected chi connectivity index (χ1v) is 6.95. The molecule has 106 valence electrons. The van der Waals surface area contributed by atoms with Crippen LogP contribution >= 0.6 is 0 Å². The Labute approximate surface area is 111 Å². The second-order valence-corrected chi connectivity index (χ2v) is 4.47. The third kappa shape index (κ3) is 15.1. The van der Waals surface area contributed by atoms with E-state index in [2.05, 4.69) is 11.9 Å². The molecule has 0 radical (unpaired) electrons. The van der Waals surface area contributed by atoms with E-state index in [1.165, 1.54) is 25.7 Å². The number of unbranched alkanes of at least 4 members (excludes halogenated alkanes) is 6. The van der Waals surface area contributed by atoms with Gasteiger partial charge in [-0.05, 0) is 19.3 Å². The van der Waals surface area contributed by atoms with Gasteiger partial charge in [0.1, 0.15) is 0 Å². The molecule has 0 aromatic rings. The highest BCUT2D eigenvalue weighted by Gasteiger charge is 1.94. The van der Waals surface area contributed by atoms with Crippen LogP contribution in [0.1, 0.15) is 51.4 Å². The van der Waals surface area contributed by atoms with E-state index < -0.39 is 0 Å². The molecule has 1 rings (SSSR count). The number of nitrogens with one attached hydrogen (secondary N) is 1. The van der Waals surface area contributed by atoms with Crippen LogP contribution < -0.4 is 11.1 Å². The first-order chi connectivity index (χ1) is 8.77. The largest absolute Gasteiger partial charge is 0.370 e. The molecule has 18 heavy (non-hydrogen) atoms. The normalized spacial score (nSPS) is 13.8. The summed E-state index contributed by atoms with van der Waals surface area (Å²) in [5.74, 6) is -0.174. The van der Waals surface area contributed by atoms with Crippen LogP contribution in [0.25, 0.3) is 0 Å². The third-order valence-corrected chi connectivity index (χ3v) is 2.71. The fourth-order valence-electron chi connectivity index (χ4n) is 1.66. The molecule has 0 aromatic heterocycles. The topological polar surface area (TPSA) is 64.3 Å². The van der Waals surface area contributed by atoms with Crippen LogP contribution in [0.5, 0.6) is 0 Å². The number of amides is 1. The van der Waals surface area contributed by atoms with Crippen molar-refractivity contribution in [1.82, 2.24) is 5.32 Å². The molecule has 1 heterocycles. The number of rotatable bonds is 9. The standard InChI is InChI=1S/C11H21NO.C3H7NO/c1-2-3-4-5-6-7-8-9-10-11(12)13;1-2-5-3-4-1/h2H,1,3-10H2,(H2,12,13);4H,1-3H2. The number of nitrogens with two attached hydrogens (primary N) is 1. The lowest BCUT2D eigenvalue weighted by Gasteiger charge is -1.99. The van der Waals surface area contributed by atoms with Gasteiger partial charge in [-0.2, -0.15) is 0 Å². The van der Waals surface area contributed by atoms with E-state index in [9.17, 15) is 4.79 Å². The van der Waals surface area contributed by atoms with Gasteiger partial charge in [0.15, 0.2) is 0 Å². The van der Waals surface area contributed by atoms with Crippen LogP contribution in [0.4, 0.5) is 0 Å². The van der Waals surface area contributed by atoms with Gasteiger partial charge in [0.25, 0.3) is 0 Å². The average molecular weight is 256 g/mol. The highest BCUT2D eigenvalue weighted by atomic mass is 16.5. The van der Waals surface area contributed by atoms with Crippen molar-refractivity contribution in [3.05, 3.63) is 12.7 Å². The lowest BCUT2D eigenvalue weighted by molar-refractivity contribution is -0.118. The van der Waals surface area contributed by atoms with E-state index in [1.54, 1.807) is 0 Å². The Kier molecular flexibility index (Phi) is 13.5. The van der Waals surface area contributed by atoms with E-state index in [0.717, 1.165) is 39.1 Å². The molecule has 0 saturated carbocycles. The minimum absolute atomic E-state index is 0.174. The highest BCUT2D eigenvalue weighted by Crippen LogP contribution is 2.08. The number of primary amides is 1. The molecule has 3 N–H and O–H groups in total. The maximum Gasteiger partial charge on any atom is 0.217 e. The SMILES string of the molecule is C1COCN1.C=CCCCCCCCCC(N)=O. The number of carbonyl (C=O) groups excluding carboxylic acids is 1. The summed E-state index contributed by atoms with van der Waals surface area (Å²) in [7, 11) is 0. The number of ether oxygens (including phenoxy) is 1. The monoisotopic (exact) mass is 256 g/mol. The number of hydrogen-bond donors (Lipinski definition) is 2. The first-order valence-electron chi connectivity index (χ1n) is 6.95. The summed E-state index contributed by atoms with van der Waals surface area (Å²) in [5.41, 5.74) is 5.02. The van der Waals surface area contributed by atoms with Crippen molar-refractivity contribution in [2.75, 3.05) is 19.9 Å². The quantitative estimate of drug-likeness (QED) is 0.491. The molecule has 1 saturated heterocycles. The van der Waals surface area contributed by atoms with Gasteiger partial charge in [-0.15, -0.1) is 6.58 Å². The number of allylic oxidation sites excluding steroid dienone is 1. The summed E-state index contributed by atoms with van der Waals surface area (Å²) < 4.78 is 4.83. The van der Waals surface area contributed by atoms with Gasteiger partial charge in [0.05, 0.1) is 13.3 Å². The summed E-state index contributed by atoms with van der Waals surface area (Å²) in [4.78, 5) is 10.4. The maximum atomic E-state index is 10.4. The van der Waals surface area contributed by atoms with Crippen LogP contribution in [-0.2, 0) is 9.53 Å². The van der Waals surface area contributed by atoms with Gasteiger partial charge in [-0.25, -0.2) is 0 Å². The Bertz CT molecular complexity index is 196. The summed E-state index contributed by atoms with van der Waals surface area (Å²) in [6.45, 7) is 6.34. The molecule has 0 unspecified atom stereocenters. The molecule has 0 spiro atoms. The average Bonchev–Trinajstić information content (AvgIpc) is 2.91. The van der Waals surface area contributed by atoms with Crippen molar-refractivity contribution in [3.8, 4) is 0 Å². The van der Waals surface area contributed by atoms with Crippen LogP contribution in [0.15, 0.2) is 12.7 Å². The maximum absolute atomic E-state index is 10.4. The summed E-state index contributed by atoms with van der Waals surface area (Å²) >= 11 is 0. The van der Waals surface area contributed by atoms with Crippen LogP contribution in [-0.4, -0.2) is 25.8 Å². The number of carbonyl (C=O) groups is 1. The summed E-state index contributed by atoms with van der Waals surface area (Å²) in [6.07, 6.45) is 10.8. The van der Waals surface area contributed by atoms with E-state index in [-0.39, 0.29) is 5.91 Å². The smallest absolute Gasteiger partial charge is 0.217 e. The van der Waals surface area contributed by atoms with Crippen molar-refractivity contribution in [2.45, 2.75) is 51.4 Å². The van der Waals surface area contributed by atoms with Gasteiger partial charge in [-0.1, -0.05) is 31.8 Å². The molecule has 0 aliphatic carbocycles. The molecule has 4 nitrogen and oxygen atoms in total. The molecule has 1 aliphatic rings. The zero-order valence-corrected chi connectivity index (χ0v) is 11.5. The molecule has 1 aliphatic heterocycles. The second kappa shape index (κ2) is 14.2. The van der Waals surface area contributed by atoms with E-state index >= 15 is 0 Å². The van der Waals surface area contributed by atoms with Gasteiger partial charge in [0, 0.05) is 13.0 Å². The van der Waals surface area contributed by atoms with Gasteiger partial charge in [-0.3, -0.25) is 10.1 Å². The van der Waals surface area contributed by atoms with E-state index in [0.29, 0.717) is 6.42 Å². The lowest BCUT2D eigenvalue weighted by Crippen LogP contribution is -2.09. The van der Waals surface area contributed by atoms with E-state index in [4.69, 9.17) is 10.5 Å². The third-order valence-electron chi connectivity index (χ3n) is 2.71. The van der Waals surface area contributed by atoms with Crippen molar-refractivity contribution >= 4 is 5.91 Å². The Balaban J connectivity index is 0.000000473. The molecule has 0 bridgehead atoms. The van der Waals surface area contributed by atoms with Gasteiger partial charge < -0.3 is 10.5 Å². The van der Waals surface area contributed by atoms with Crippen molar-refractivity contribution in [3.63, 3.8) is 0 Å².